The van der Waals surface area contributed by atoms with E-state index in [9.17, 15) is 9.59 Å². The van der Waals surface area contributed by atoms with Crippen molar-refractivity contribution in [1.82, 2.24) is 19.4 Å². The number of carbonyl (C=O) groups excluding carboxylic acids is 2. The monoisotopic (exact) mass is 375 g/mol. The predicted molar refractivity (Wildman–Crippen MR) is 98.6 cm³/mol. The van der Waals surface area contributed by atoms with E-state index in [1.807, 2.05) is 34.5 Å². The first-order valence-corrected chi connectivity index (χ1v) is 9.20. The molecule has 0 saturated heterocycles. The van der Waals surface area contributed by atoms with Crippen LogP contribution < -0.4 is 5.32 Å². The highest BCUT2D eigenvalue weighted by molar-refractivity contribution is 7.17. The molecular formula is C16H17N5O2S2. The maximum absolute atomic E-state index is 12.2. The lowest BCUT2D eigenvalue weighted by Gasteiger charge is -2.07. The van der Waals surface area contributed by atoms with Crippen molar-refractivity contribution >= 4 is 39.6 Å². The molecule has 25 heavy (non-hydrogen) atoms. The molecule has 1 N–H and O–H groups in total. The Balaban J connectivity index is 1.65. The molecule has 0 fully saturated rings. The van der Waals surface area contributed by atoms with Crippen molar-refractivity contribution in [2.75, 3.05) is 19.4 Å². The first-order chi connectivity index (χ1) is 11.9. The summed E-state index contributed by atoms with van der Waals surface area (Å²) in [5.74, 6) is -0.326. The third kappa shape index (κ3) is 3.94. The van der Waals surface area contributed by atoms with Crippen LogP contribution in [0.15, 0.2) is 29.9 Å². The van der Waals surface area contributed by atoms with Gasteiger partial charge >= 0.3 is 0 Å². The van der Waals surface area contributed by atoms with Crippen LogP contribution in [0.2, 0.25) is 0 Å². The van der Waals surface area contributed by atoms with Crippen LogP contribution in [-0.2, 0) is 11.2 Å². The van der Waals surface area contributed by atoms with E-state index in [2.05, 4.69) is 15.3 Å². The van der Waals surface area contributed by atoms with Crippen LogP contribution in [0.1, 0.15) is 21.1 Å². The molecule has 0 spiro atoms. The van der Waals surface area contributed by atoms with Crippen LogP contribution in [0.3, 0.4) is 0 Å². The van der Waals surface area contributed by atoms with E-state index in [-0.39, 0.29) is 18.2 Å². The average molecular weight is 375 g/mol. The van der Waals surface area contributed by atoms with Gasteiger partial charge < -0.3 is 14.8 Å². The minimum Gasteiger partial charge on any atom is -0.344 e. The van der Waals surface area contributed by atoms with Crippen molar-refractivity contribution in [3.8, 4) is 5.13 Å². The molecule has 7 nitrogen and oxygen atoms in total. The Morgan fingerprint density at radius 3 is 2.64 bits per heavy atom. The number of aromatic nitrogens is 3. The summed E-state index contributed by atoms with van der Waals surface area (Å²) in [4.78, 5) is 35.0. The molecule has 0 aliphatic heterocycles. The molecule has 130 valence electrons. The van der Waals surface area contributed by atoms with Gasteiger partial charge in [-0.1, -0.05) is 11.3 Å². The van der Waals surface area contributed by atoms with Gasteiger partial charge in [-0.2, -0.15) is 0 Å². The first-order valence-electron chi connectivity index (χ1n) is 7.50. The SMILES string of the molecule is Cc1nc(NC(=O)Cc2csc(-n3cccc3)n2)sc1C(=O)N(C)C. The molecule has 0 radical (unpaired) electrons. The fourth-order valence-corrected chi connectivity index (χ4v) is 3.93. The number of amides is 2. The van der Waals surface area contributed by atoms with E-state index < -0.39 is 0 Å². The number of carbonyl (C=O) groups is 2. The first kappa shape index (κ1) is 17.3. The molecule has 2 amide bonds. The number of nitrogens with zero attached hydrogens (tertiary/aromatic N) is 4. The molecule has 0 bridgehead atoms. The van der Waals surface area contributed by atoms with E-state index in [0.29, 0.717) is 21.4 Å². The van der Waals surface area contributed by atoms with E-state index in [1.54, 1.807) is 21.0 Å². The van der Waals surface area contributed by atoms with Crippen LogP contribution in [0.25, 0.3) is 5.13 Å². The molecule has 0 unspecified atom stereocenters. The van der Waals surface area contributed by atoms with Crippen LogP contribution >= 0.6 is 22.7 Å². The number of hydrogen-bond donors (Lipinski definition) is 1. The minimum absolute atomic E-state index is 0.119. The van der Waals surface area contributed by atoms with Crippen molar-refractivity contribution in [1.29, 1.82) is 0 Å². The van der Waals surface area contributed by atoms with Crippen LogP contribution in [0, 0.1) is 6.92 Å². The maximum atomic E-state index is 12.2. The zero-order valence-corrected chi connectivity index (χ0v) is 15.6. The third-order valence-electron chi connectivity index (χ3n) is 3.35. The summed E-state index contributed by atoms with van der Waals surface area (Å²) in [6.07, 6.45) is 3.97. The number of anilines is 1. The van der Waals surface area contributed by atoms with Gasteiger partial charge in [0.25, 0.3) is 5.91 Å². The quantitative estimate of drug-likeness (QED) is 0.743. The number of hydrogen-bond acceptors (Lipinski definition) is 6. The zero-order valence-electron chi connectivity index (χ0n) is 14.0. The van der Waals surface area contributed by atoms with Gasteiger partial charge in [0.1, 0.15) is 4.88 Å². The Hall–Kier alpha value is -2.52. The van der Waals surface area contributed by atoms with Crippen LogP contribution in [0.4, 0.5) is 5.13 Å². The molecular weight excluding hydrogens is 358 g/mol. The minimum atomic E-state index is -0.207. The molecule has 0 aliphatic carbocycles. The Labute approximate surface area is 153 Å². The highest BCUT2D eigenvalue weighted by atomic mass is 32.1. The second-order valence-corrected chi connectivity index (χ2v) is 7.41. The maximum Gasteiger partial charge on any atom is 0.265 e. The van der Waals surface area contributed by atoms with E-state index >= 15 is 0 Å². The highest BCUT2D eigenvalue weighted by Gasteiger charge is 2.18. The van der Waals surface area contributed by atoms with Crippen molar-refractivity contribution in [3.05, 3.63) is 46.2 Å². The topological polar surface area (TPSA) is 80.1 Å². The highest BCUT2D eigenvalue weighted by Crippen LogP contribution is 2.24. The Bertz CT molecular complexity index is 896. The average Bonchev–Trinajstić information content (AvgIpc) is 3.27. The van der Waals surface area contributed by atoms with Gasteiger partial charge in [-0.05, 0) is 19.1 Å². The van der Waals surface area contributed by atoms with E-state index in [4.69, 9.17) is 0 Å². The summed E-state index contributed by atoms with van der Waals surface area (Å²) < 4.78 is 1.90. The summed E-state index contributed by atoms with van der Waals surface area (Å²) in [5.41, 5.74) is 1.31. The Morgan fingerprint density at radius 2 is 1.96 bits per heavy atom. The fraction of sp³-hybridized carbons (Fsp3) is 0.250. The van der Waals surface area contributed by atoms with Gasteiger partial charge in [0.05, 0.1) is 17.8 Å². The molecule has 3 aromatic rings. The summed E-state index contributed by atoms with van der Waals surface area (Å²) in [7, 11) is 3.37. The molecule has 3 rings (SSSR count). The van der Waals surface area contributed by atoms with Crippen molar-refractivity contribution in [3.63, 3.8) is 0 Å². The summed E-state index contributed by atoms with van der Waals surface area (Å²) in [6, 6.07) is 3.84. The van der Waals surface area contributed by atoms with Crippen molar-refractivity contribution in [2.45, 2.75) is 13.3 Å². The molecule has 3 aromatic heterocycles. The van der Waals surface area contributed by atoms with Gasteiger partial charge in [0, 0.05) is 31.9 Å². The van der Waals surface area contributed by atoms with Crippen molar-refractivity contribution < 1.29 is 9.59 Å². The smallest absolute Gasteiger partial charge is 0.265 e. The van der Waals surface area contributed by atoms with Crippen molar-refractivity contribution in [2.24, 2.45) is 0 Å². The zero-order chi connectivity index (χ0) is 18.0. The molecule has 0 aromatic carbocycles. The standard InChI is InChI=1S/C16H17N5O2S2/c1-10-13(14(23)20(2)3)25-15(17-10)19-12(22)8-11-9-24-16(18-11)21-6-4-5-7-21/h4-7,9H,8H2,1-3H3,(H,17,19,22). The lowest BCUT2D eigenvalue weighted by molar-refractivity contribution is -0.115. The van der Waals surface area contributed by atoms with Crippen LogP contribution in [-0.4, -0.2) is 45.3 Å². The van der Waals surface area contributed by atoms with E-state index in [0.717, 1.165) is 5.13 Å². The van der Waals surface area contributed by atoms with Gasteiger partial charge in [-0.3, -0.25) is 9.59 Å². The van der Waals surface area contributed by atoms with Crippen LogP contribution in [0.5, 0.6) is 0 Å². The molecule has 9 heteroatoms. The van der Waals surface area contributed by atoms with Gasteiger partial charge in [0.2, 0.25) is 5.91 Å². The lowest BCUT2D eigenvalue weighted by Crippen LogP contribution is -2.21. The molecule has 3 heterocycles. The number of aryl methyl sites for hydroxylation is 1. The number of thiazole rings is 2. The second-order valence-electron chi connectivity index (χ2n) is 5.57. The lowest BCUT2D eigenvalue weighted by atomic mass is 10.3. The third-order valence-corrected chi connectivity index (χ3v) is 5.31. The summed E-state index contributed by atoms with van der Waals surface area (Å²) in [5, 5.41) is 5.85. The fourth-order valence-electron chi connectivity index (χ4n) is 2.14. The number of nitrogens with one attached hydrogen (secondary N) is 1. The van der Waals surface area contributed by atoms with Gasteiger partial charge in [0.15, 0.2) is 10.3 Å². The molecule has 0 atom stereocenters. The summed E-state index contributed by atoms with van der Waals surface area (Å²) >= 11 is 2.66. The Kier molecular flexibility index (Phi) is 4.95. The Morgan fingerprint density at radius 1 is 1.24 bits per heavy atom. The normalized spacial score (nSPS) is 10.7. The molecule has 0 saturated carbocycles. The largest absolute Gasteiger partial charge is 0.344 e. The summed E-state index contributed by atoms with van der Waals surface area (Å²) in [6.45, 7) is 1.76. The number of rotatable bonds is 5. The van der Waals surface area contributed by atoms with E-state index in [1.165, 1.54) is 27.6 Å². The van der Waals surface area contributed by atoms with Gasteiger partial charge in [-0.15, -0.1) is 11.3 Å². The molecule has 0 aliphatic rings. The predicted octanol–water partition coefficient (Wildman–Crippen LogP) is 2.58. The second kappa shape index (κ2) is 7.16. The van der Waals surface area contributed by atoms with Gasteiger partial charge in [-0.25, -0.2) is 9.97 Å².